The first-order valence-electron chi connectivity index (χ1n) is 3.74. The summed E-state index contributed by atoms with van der Waals surface area (Å²) in [5.74, 6) is 0.0615. The predicted molar refractivity (Wildman–Crippen MR) is 54.6 cm³/mol. The average molecular weight is 212 g/mol. The van der Waals surface area contributed by atoms with E-state index in [0.29, 0.717) is 10.0 Å². The minimum absolute atomic E-state index is 0.0615. The molecule has 0 unspecified atom stereocenters. The van der Waals surface area contributed by atoms with Crippen LogP contribution < -0.4 is 0 Å². The molecule has 0 N–H and O–H groups in total. The van der Waals surface area contributed by atoms with Crippen LogP contribution in [0.4, 0.5) is 0 Å². The number of Topliss-reactive ketones (excluding diaryl/α,β-unsaturated/α-hetero) is 1. The second-order valence-corrected chi connectivity index (χ2v) is 4.32. The second kappa shape index (κ2) is 3.09. The molecule has 0 radical (unpaired) electrons. The van der Waals surface area contributed by atoms with Crippen LogP contribution >= 0.6 is 22.9 Å². The summed E-state index contributed by atoms with van der Waals surface area (Å²) in [6.07, 6.45) is 0. The summed E-state index contributed by atoms with van der Waals surface area (Å²) in [4.78, 5) is 15.1. The molecular formula is C9H6ClNOS. The highest BCUT2D eigenvalue weighted by molar-refractivity contribution is 7.22. The second-order valence-electron chi connectivity index (χ2n) is 2.71. The molecule has 1 aromatic heterocycles. The summed E-state index contributed by atoms with van der Waals surface area (Å²) >= 11 is 7.12. The Kier molecular flexibility index (Phi) is 2.06. The normalized spacial score (nSPS) is 10.6. The zero-order valence-electron chi connectivity index (χ0n) is 6.87. The van der Waals surface area contributed by atoms with Crippen molar-refractivity contribution in [2.45, 2.75) is 6.92 Å². The Morgan fingerprint density at radius 1 is 1.54 bits per heavy atom. The molecule has 0 aliphatic heterocycles. The van der Waals surface area contributed by atoms with Crippen molar-refractivity contribution in [3.63, 3.8) is 0 Å². The van der Waals surface area contributed by atoms with Crippen LogP contribution in [-0.2, 0) is 0 Å². The summed E-state index contributed by atoms with van der Waals surface area (Å²) in [6, 6.07) is 5.40. The first-order valence-corrected chi connectivity index (χ1v) is 4.93. The fourth-order valence-electron chi connectivity index (χ4n) is 1.12. The van der Waals surface area contributed by atoms with E-state index >= 15 is 0 Å². The van der Waals surface area contributed by atoms with E-state index in [1.165, 1.54) is 11.3 Å². The van der Waals surface area contributed by atoms with E-state index in [1.54, 1.807) is 13.0 Å². The molecule has 0 bridgehead atoms. The number of ketones is 1. The number of hydrogen-bond donors (Lipinski definition) is 0. The number of nitrogens with zero attached hydrogens (tertiary/aromatic N) is 1. The number of fused-ring (bicyclic) bond motifs is 1. The minimum Gasteiger partial charge on any atom is -0.295 e. The van der Waals surface area contributed by atoms with E-state index in [9.17, 15) is 4.79 Å². The molecule has 1 aromatic carbocycles. The Morgan fingerprint density at radius 2 is 2.31 bits per heavy atom. The largest absolute Gasteiger partial charge is 0.295 e. The molecule has 0 spiro atoms. The number of carbonyl (C=O) groups excluding carboxylic acids is 1. The van der Waals surface area contributed by atoms with Gasteiger partial charge in [0, 0.05) is 5.56 Å². The zero-order valence-corrected chi connectivity index (χ0v) is 8.45. The fraction of sp³-hybridized carbons (Fsp3) is 0.111. The molecule has 0 aliphatic rings. The topological polar surface area (TPSA) is 30.0 Å². The van der Waals surface area contributed by atoms with Crippen molar-refractivity contribution in [1.82, 2.24) is 4.98 Å². The van der Waals surface area contributed by atoms with Crippen molar-refractivity contribution < 1.29 is 4.79 Å². The van der Waals surface area contributed by atoms with E-state index in [4.69, 9.17) is 11.6 Å². The lowest BCUT2D eigenvalue weighted by Gasteiger charge is -1.92. The molecular weight excluding hydrogens is 206 g/mol. The Balaban J connectivity index is 2.67. The van der Waals surface area contributed by atoms with Crippen LogP contribution in [-0.4, -0.2) is 10.8 Å². The van der Waals surface area contributed by atoms with E-state index in [2.05, 4.69) is 4.98 Å². The lowest BCUT2D eigenvalue weighted by Crippen LogP contribution is -1.89. The van der Waals surface area contributed by atoms with Gasteiger partial charge in [0.25, 0.3) is 0 Å². The van der Waals surface area contributed by atoms with E-state index in [0.717, 1.165) is 10.2 Å². The van der Waals surface area contributed by atoms with Gasteiger partial charge in [0.1, 0.15) is 0 Å². The van der Waals surface area contributed by atoms with Crippen molar-refractivity contribution in [1.29, 1.82) is 0 Å². The number of halogens is 1. The lowest BCUT2D eigenvalue weighted by atomic mass is 10.1. The number of thiazole rings is 1. The van der Waals surface area contributed by atoms with Gasteiger partial charge in [0.2, 0.25) is 0 Å². The van der Waals surface area contributed by atoms with Gasteiger partial charge in [-0.15, -0.1) is 11.3 Å². The van der Waals surface area contributed by atoms with Crippen molar-refractivity contribution in [2.24, 2.45) is 0 Å². The lowest BCUT2D eigenvalue weighted by molar-refractivity contribution is 0.101. The summed E-state index contributed by atoms with van der Waals surface area (Å²) in [5.41, 5.74) is 1.55. The maximum atomic E-state index is 11.0. The molecule has 0 amide bonds. The SMILES string of the molecule is CC(=O)c1ccc2nc(Cl)sc2c1. The van der Waals surface area contributed by atoms with E-state index in [-0.39, 0.29) is 5.78 Å². The maximum absolute atomic E-state index is 11.0. The van der Waals surface area contributed by atoms with Crippen LogP contribution in [0.3, 0.4) is 0 Å². The van der Waals surface area contributed by atoms with Gasteiger partial charge < -0.3 is 0 Å². The van der Waals surface area contributed by atoms with Crippen LogP contribution in [0.2, 0.25) is 4.47 Å². The van der Waals surface area contributed by atoms with Gasteiger partial charge in [-0.1, -0.05) is 11.6 Å². The first-order chi connectivity index (χ1) is 6.16. The minimum atomic E-state index is 0.0615. The van der Waals surface area contributed by atoms with Gasteiger partial charge in [0.15, 0.2) is 10.3 Å². The van der Waals surface area contributed by atoms with Gasteiger partial charge in [-0.25, -0.2) is 4.98 Å². The smallest absolute Gasteiger partial charge is 0.184 e. The number of carbonyl (C=O) groups is 1. The molecule has 0 saturated carbocycles. The zero-order chi connectivity index (χ0) is 9.42. The highest BCUT2D eigenvalue weighted by Crippen LogP contribution is 2.26. The Morgan fingerprint density at radius 3 is 3.00 bits per heavy atom. The Bertz CT molecular complexity index is 477. The van der Waals surface area contributed by atoms with Gasteiger partial charge in [-0.05, 0) is 25.1 Å². The molecule has 2 aromatic rings. The van der Waals surface area contributed by atoms with Crippen molar-refractivity contribution in [3.05, 3.63) is 28.2 Å². The van der Waals surface area contributed by atoms with Gasteiger partial charge in [0.05, 0.1) is 10.2 Å². The summed E-state index contributed by atoms with van der Waals surface area (Å²) in [6.45, 7) is 1.55. The summed E-state index contributed by atoms with van der Waals surface area (Å²) in [7, 11) is 0. The number of aromatic nitrogens is 1. The van der Waals surface area contributed by atoms with Gasteiger partial charge in [-0.2, -0.15) is 0 Å². The molecule has 0 atom stereocenters. The number of benzene rings is 1. The average Bonchev–Trinajstić information content (AvgIpc) is 2.42. The monoisotopic (exact) mass is 211 g/mol. The molecule has 2 nitrogen and oxygen atoms in total. The third-order valence-electron chi connectivity index (χ3n) is 1.77. The van der Waals surface area contributed by atoms with Crippen LogP contribution in [0.5, 0.6) is 0 Å². The predicted octanol–water partition coefficient (Wildman–Crippen LogP) is 3.15. The highest BCUT2D eigenvalue weighted by atomic mass is 35.5. The van der Waals surface area contributed by atoms with Crippen LogP contribution in [0, 0.1) is 0 Å². The van der Waals surface area contributed by atoms with Crippen LogP contribution in [0.1, 0.15) is 17.3 Å². The van der Waals surface area contributed by atoms with E-state index < -0.39 is 0 Å². The molecule has 0 saturated heterocycles. The highest BCUT2D eigenvalue weighted by Gasteiger charge is 2.04. The van der Waals surface area contributed by atoms with Crippen molar-refractivity contribution in [3.8, 4) is 0 Å². The quantitative estimate of drug-likeness (QED) is 0.679. The molecule has 0 fully saturated rings. The molecule has 4 heteroatoms. The molecule has 13 heavy (non-hydrogen) atoms. The van der Waals surface area contributed by atoms with Crippen LogP contribution in [0.25, 0.3) is 10.2 Å². The molecule has 1 heterocycles. The summed E-state index contributed by atoms with van der Waals surface area (Å²) in [5, 5.41) is 0. The fourth-order valence-corrected chi connectivity index (χ4v) is 2.19. The first kappa shape index (κ1) is 8.66. The summed E-state index contributed by atoms with van der Waals surface area (Å²) < 4.78 is 1.47. The maximum Gasteiger partial charge on any atom is 0.184 e. The van der Waals surface area contributed by atoms with Crippen LogP contribution in [0.15, 0.2) is 18.2 Å². The Hall–Kier alpha value is -0.930. The standard InChI is InChI=1S/C9H6ClNOS/c1-5(12)6-2-3-7-8(4-6)13-9(10)11-7/h2-4H,1H3. The van der Waals surface area contributed by atoms with Crippen molar-refractivity contribution >= 4 is 38.9 Å². The van der Waals surface area contributed by atoms with Gasteiger partial charge in [-0.3, -0.25) is 4.79 Å². The third-order valence-corrected chi connectivity index (χ3v) is 2.89. The third kappa shape index (κ3) is 1.57. The molecule has 66 valence electrons. The number of rotatable bonds is 1. The van der Waals surface area contributed by atoms with Crippen molar-refractivity contribution in [2.75, 3.05) is 0 Å². The Labute approximate surface area is 84.2 Å². The van der Waals surface area contributed by atoms with Gasteiger partial charge >= 0.3 is 0 Å². The number of hydrogen-bond acceptors (Lipinski definition) is 3. The van der Waals surface area contributed by atoms with E-state index in [1.807, 2.05) is 12.1 Å². The molecule has 2 rings (SSSR count). The molecule has 0 aliphatic carbocycles.